The van der Waals surface area contributed by atoms with Crippen LogP contribution in [0.2, 0.25) is 0 Å². The molecule has 0 aliphatic carbocycles. The molecule has 0 bridgehead atoms. The van der Waals surface area contributed by atoms with Gasteiger partial charge >= 0.3 is 11.9 Å². The number of aromatic hydroxyl groups is 1. The minimum Gasteiger partial charge on any atom is -0.508 e. The fourth-order valence-corrected chi connectivity index (χ4v) is 2.82. The lowest BCUT2D eigenvalue weighted by Crippen LogP contribution is -2.59. The molecular formula is C21H30N4O9. The van der Waals surface area contributed by atoms with Crippen molar-refractivity contribution in [2.75, 3.05) is 0 Å². The number of carbonyl (C=O) groups is 5. The number of carboxylic acid groups (broad SMARTS) is 2. The molecule has 0 aromatic heterocycles. The highest BCUT2D eigenvalue weighted by Gasteiger charge is 2.32. The van der Waals surface area contributed by atoms with Crippen molar-refractivity contribution < 1.29 is 44.4 Å². The molecule has 0 aliphatic heterocycles. The summed E-state index contributed by atoms with van der Waals surface area (Å²) >= 11 is 0. The zero-order valence-corrected chi connectivity index (χ0v) is 18.7. The number of aliphatic hydroxyl groups excluding tert-OH is 1. The Morgan fingerprint density at radius 1 is 0.912 bits per heavy atom. The van der Waals surface area contributed by atoms with Crippen LogP contribution in [0.3, 0.4) is 0 Å². The molecule has 1 rings (SSSR count). The first-order valence-corrected chi connectivity index (χ1v) is 10.4. The van der Waals surface area contributed by atoms with E-state index in [2.05, 4.69) is 16.0 Å². The van der Waals surface area contributed by atoms with E-state index in [1.807, 2.05) is 0 Å². The van der Waals surface area contributed by atoms with Gasteiger partial charge in [-0.15, -0.1) is 0 Å². The molecule has 3 amide bonds. The highest BCUT2D eigenvalue weighted by atomic mass is 16.4. The van der Waals surface area contributed by atoms with Gasteiger partial charge in [-0.1, -0.05) is 12.1 Å². The minimum atomic E-state index is -1.57. The average molecular weight is 482 g/mol. The Labute approximate surface area is 195 Å². The topological polar surface area (TPSA) is 228 Å². The lowest BCUT2D eigenvalue weighted by molar-refractivity contribution is -0.142. The molecule has 0 radical (unpaired) electrons. The van der Waals surface area contributed by atoms with Gasteiger partial charge in [0.2, 0.25) is 17.7 Å². The number of benzene rings is 1. The molecule has 0 heterocycles. The summed E-state index contributed by atoms with van der Waals surface area (Å²) in [5.41, 5.74) is 6.52. The minimum absolute atomic E-state index is 0.0293. The predicted molar refractivity (Wildman–Crippen MR) is 117 cm³/mol. The number of nitrogens with two attached hydrogens (primary N) is 1. The first kappa shape index (κ1) is 28.3. The van der Waals surface area contributed by atoms with Crippen molar-refractivity contribution in [1.82, 2.24) is 16.0 Å². The normalized spacial score (nSPS) is 15.2. The van der Waals surface area contributed by atoms with E-state index in [1.54, 1.807) is 12.1 Å². The third-order valence-electron chi connectivity index (χ3n) is 4.80. The van der Waals surface area contributed by atoms with E-state index in [1.165, 1.54) is 26.0 Å². The van der Waals surface area contributed by atoms with E-state index in [0.29, 0.717) is 5.56 Å². The molecule has 13 heteroatoms. The first-order valence-electron chi connectivity index (χ1n) is 10.4. The summed E-state index contributed by atoms with van der Waals surface area (Å²) in [4.78, 5) is 59.5. The Balaban J connectivity index is 2.92. The van der Waals surface area contributed by atoms with Crippen LogP contribution in [-0.4, -0.2) is 80.4 Å². The highest BCUT2D eigenvalue weighted by molar-refractivity contribution is 5.94. The molecule has 5 unspecified atom stereocenters. The summed E-state index contributed by atoms with van der Waals surface area (Å²) in [6, 6.07) is 0.556. The Bertz CT molecular complexity index is 889. The van der Waals surface area contributed by atoms with Gasteiger partial charge in [-0.25, -0.2) is 0 Å². The van der Waals surface area contributed by atoms with Gasteiger partial charge in [-0.3, -0.25) is 24.0 Å². The smallest absolute Gasteiger partial charge is 0.325 e. The second-order valence-corrected chi connectivity index (χ2v) is 7.77. The van der Waals surface area contributed by atoms with Gasteiger partial charge in [0.25, 0.3) is 0 Å². The quantitative estimate of drug-likeness (QED) is 0.155. The van der Waals surface area contributed by atoms with Crippen LogP contribution < -0.4 is 21.7 Å². The van der Waals surface area contributed by atoms with Gasteiger partial charge in [0.1, 0.15) is 23.9 Å². The molecule has 0 aliphatic rings. The van der Waals surface area contributed by atoms with Gasteiger partial charge in [0, 0.05) is 6.42 Å². The second-order valence-electron chi connectivity index (χ2n) is 7.77. The van der Waals surface area contributed by atoms with Crippen LogP contribution >= 0.6 is 0 Å². The van der Waals surface area contributed by atoms with Crippen LogP contribution in [0.25, 0.3) is 0 Å². The fourth-order valence-electron chi connectivity index (χ4n) is 2.82. The van der Waals surface area contributed by atoms with Crippen LogP contribution in [0, 0.1) is 0 Å². The van der Waals surface area contributed by atoms with Gasteiger partial charge in [0.15, 0.2) is 0 Å². The predicted octanol–water partition coefficient (Wildman–Crippen LogP) is -1.93. The SMILES string of the molecule is CC(NC(=O)C(NC(=O)C(CCC(=O)O)NC(=O)C(N)Cc1ccc(O)cc1)C(C)O)C(=O)O. The maximum absolute atomic E-state index is 12.8. The second kappa shape index (κ2) is 13.1. The first-order chi connectivity index (χ1) is 15.8. The third kappa shape index (κ3) is 9.42. The number of hydrogen-bond donors (Lipinski definition) is 8. The number of hydrogen-bond acceptors (Lipinski definition) is 8. The molecule has 1 aromatic carbocycles. The number of nitrogens with one attached hydrogen (secondary N) is 3. The molecule has 13 nitrogen and oxygen atoms in total. The van der Waals surface area contributed by atoms with Crippen LogP contribution in [0.15, 0.2) is 24.3 Å². The Morgan fingerprint density at radius 2 is 1.50 bits per heavy atom. The largest absolute Gasteiger partial charge is 0.508 e. The summed E-state index contributed by atoms with van der Waals surface area (Å²) in [5.74, 6) is -5.25. The van der Waals surface area contributed by atoms with Crippen molar-refractivity contribution in [1.29, 1.82) is 0 Å². The van der Waals surface area contributed by atoms with E-state index in [9.17, 15) is 34.2 Å². The number of phenols is 1. The van der Waals surface area contributed by atoms with Crippen LogP contribution in [0.5, 0.6) is 5.75 Å². The van der Waals surface area contributed by atoms with Crippen LogP contribution in [0.4, 0.5) is 0 Å². The Hall–Kier alpha value is -3.71. The third-order valence-corrected chi connectivity index (χ3v) is 4.80. The van der Waals surface area contributed by atoms with Gasteiger partial charge < -0.3 is 42.1 Å². The monoisotopic (exact) mass is 482 g/mol. The standard InChI is InChI=1S/C21H30N4O9/c1-10(21(33)34)23-20(32)17(11(2)26)25-19(31)15(7-8-16(28)29)24-18(30)14(22)9-12-3-5-13(27)6-4-12/h3-6,10-11,14-15,17,26-27H,7-9,22H2,1-2H3,(H,23,32)(H,24,30)(H,25,31)(H,28,29)(H,33,34). The Kier molecular flexibility index (Phi) is 10.9. The molecule has 9 N–H and O–H groups in total. The van der Waals surface area contributed by atoms with Gasteiger partial charge in [-0.05, 0) is 44.4 Å². The number of rotatable bonds is 13. The molecule has 188 valence electrons. The number of carbonyl (C=O) groups excluding carboxylic acids is 3. The van der Waals surface area contributed by atoms with Crippen LogP contribution in [0.1, 0.15) is 32.3 Å². The van der Waals surface area contributed by atoms with Gasteiger partial charge in [0.05, 0.1) is 12.1 Å². The van der Waals surface area contributed by atoms with Crippen molar-refractivity contribution in [2.45, 2.75) is 63.4 Å². The number of aliphatic hydroxyl groups is 1. The molecule has 34 heavy (non-hydrogen) atoms. The summed E-state index contributed by atoms with van der Waals surface area (Å²) < 4.78 is 0. The van der Waals surface area contributed by atoms with Crippen molar-refractivity contribution in [3.63, 3.8) is 0 Å². The van der Waals surface area contributed by atoms with Crippen molar-refractivity contribution >= 4 is 29.7 Å². The lowest BCUT2D eigenvalue weighted by atomic mass is 10.0. The molecule has 0 fully saturated rings. The number of carboxylic acids is 2. The zero-order valence-electron chi connectivity index (χ0n) is 18.7. The summed E-state index contributed by atoms with van der Waals surface area (Å²) in [6.07, 6.45) is -2.20. The Morgan fingerprint density at radius 3 is 2.00 bits per heavy atom. The molecule has 0 saturated carbocycles. The lowest BCUT2D eigenvalue weighted by Gasteiger charge is -2.26. The average Bonchev–Trinajstić information content (AvgIpc) is 2.75. The van der Waals surface area contributed by atoms with E-state index >= 15 is 0 Å². The molecule has 5 atom stereocenters. The molecule has 0 saturated heterocycles. The maximum atomic E-state index is 12.8. The maximum Gasteiger partial charge on any atom is 0.325 e. The van der Waals surface area contributed by atoms with Gasteiger partial charge in [-0.2, -0.15) is 0 Å². The van der Waals surface area contributed by atoms with Crippen LogP contribution in [-0.2, 0) is 30.4 Å². The summed E-state index contributed by atoms with van der Waals surface area (Å²) in [6.45, 7) is 2.38. The number of aliphatic carboxylic acids is 2. The molecule has 1 aromatic rings. The van der Waals surface area contributed by atoms with Crippen molar-refractivity contribution in [2.24, 2.45) is 5.73 Å². The number of phenolic OH excluding ortho intramolecular Hbond substituents is 1. The zero-order chi connectivity index (χ0) is 26.0. The van der Waals surface area contributed by atoms with E-state index in [0.717, 1.165) is 0 Å². The van der Waals surface area contributed by atoms with E-state index < -0.39 is 66.4 Å². The van der Waals surface area contributed by atoms with E-state index in [4.69, 9.17) is 15.9 Å². The number of amides is 3. The highest BCUT2D eigenvalue weighted by Crippen LogP contribution is 2.11. The van der Waals surface area contributed by atoms with Crippen molar-refractivity contribution in [3.8, 4) is 5.75 Å². The summed E-state index contributed by atoms with van der Waals surface area (Å²) in [7, 11) is 0. The summed E-state index contributed by atoms with van der Waals surface area (Å²) in [5, 5.41) is 43.8. The fraction of sp³-hybridized carbons (Fsp3) is 0.476. The molecular weight excluding hydrogens is 452 g/mol. The van der Waals surface area contributed by atoms with Crippen molar-refractivity contribution in [3.05, 3.63) is 29.8 Å². The van der Waals surface area contributed by atoms with E-state index in [-0.39, 0.29) is 18.6 Å². The molecule has 0 spiro atoms.